The molecule has 1 atom stereocenters. The van der Waals surface area contributed by atoms with Crippen molar-refractivity contribution in [1.82, 2.24) is 10.3 Å². The highest BCUT2D eigenvalue weighted by atomic mass is 16.1. The van der Waals surface area contributed by atoms with Crippen LogP contribution in [0, 0.1) is 0 Å². The molecule has 0 aliphatic heterocycles. The largest absolute Gasteiger partial charge is 0.385 e. The van der Waals surface area contributed by atoms with Crippen LogP contribution in [0.3, 0.4) is 0 Å². The first kappa shape index (κ1) is 15.5. The fourth-order valence-electron chi connectivity index (χ4n) is 1.92. The minimum atomic E-state index is -0.0829. The topological polar surface area (TPSA) is 54.0 Å². The summed E-state index contributed by atoms with van der Waals surface area (Å²) in [6.45, 7) is 7.23. The van der Waals surface area contributed by atoms with Gasteiger partial charge < -0.3 is 10.6 Å². The van der Waals surface area contributed by atoms with Crippen LogP contribution in [0.5, 0.6) is 0 Å². The van der Waals surface area contributed by atoms with E-state index in [1.807, 2.05) is 12.1 Å². The van der Waals surface area contributed by atoms with E-state index in [0.717, 1.165) is 37.9 Å². The molecule has 4 heteroatoms. The van der Waals surface area contributed by atoms with Crippen LogP contribution in [0.15, 0.2) is 18.3 Å². The minimum Gasteiger partial charge on any atom is -0.385 e. The van der Waals surface area contributed by atoms with Gasteiger partial charge in [0.2, 0.25) is 0 Å². The molecule has 2 N–H and O–H groups in total. The first-order valence-corrected chi connectivity index (χ1v) is 7.22. The van der Waals surface area contributed by atoms with Crippen LogP contribution in [0.4, 0.5) is 5.69 Å². The van der Waals surface area contributed by atoms with Gasteiger partial charge in [-0.3, -0.25) is 9.78 Å². The van der Waals surface area contributed by atoms with Crippen molar-refractivity contribution in [3.05, 3.63) is 24.0 Å². The number of carbonyl (C=O) groups is 1. The van der Waals surface area contributed by atoms with E-state index in [1.165, 1.54) is 0 Å². The van der Waals surface area contributed by atoms with E-state index >= 15 is 0 Å². The highest BCUT2D eigenvalue weighted by Gasteiger charge is 2.12. The normalized spacial score (nSPS) is 11.9. The summed E-state index contributed by atoms with van der Waals surface area (Å²) < 4.78 is 0. The lowest BCUT2D eigenvalue weighted by Gasteiger charge is -2.16. The van der Waals surface area contributed by atoms with Crippen molar-refractivity contribution in [2.24, 2.45) is 0 Å². The molecular weight excluding hydrogens is 238 g/mol. The van der Waals surface area contributed by atoms with E-state index in [2.05, 4.69) is 36.4 Å². The van der Waals surface area contributed by atoms with E-state index in [4.69, 9.17) is 0 Å². The smallest absolute Gasteiger partial charge is 0.270 e. The van der Waals surface area contributed by atoms with E-state index in [9.17, 15) is 4.79 Å². The number of nitrogens with one attached hydrogen (secondary N) is 2. The van der Waals surface area contributed by atoms with Gasteiger partial charge in [-0.15, -0.1) is 0 Å². The van der Waals surface area contributed by atoms with Crippen molar-refractivity contribution in [3.8, 4) is 0 Å². The third-order valence-corrected chi connectivity index (χ3v) is 3.04. The molecule has 0 aliphatic carbocycles. The van der Waals surface area contributed by atoms with Gasteiger partial charge in [-0.05, 0) is 31.4 Å². The standard InChI is InChI=1S/C15H25N3O/c1-4-7-12(6-3)18-15(19)14-11-13(8-10-17-14)16-9-5-2/h8,10-12H,4-7,9H2,1-3H3,(H,16,17)(H,18,19). The Morgan fingerprint density at radius 2 is 2.11 bits per heavy atom. The molecule has 1 amide bonds. The van der Waals surface area contributed by atoms with Crippen LogP contribution in [0.25, 0.3) is 0 Å². The zero-order chi connectivity index (χ0) is 14.1. The maximum Gasteiger partial charge on any atom is 0.270 e. The average molecular weight is 263 g/mol. The second kappa shape index (κ2) is 8.51. The van der Waals surface area contributed by atoms with E-state index < -0.39 is 0 Å². The predicted molar refractivity (Wildman–Crippen MR) is 79.5 cm³/mol. The summed E-state index contributed by atoms with van der Waals surface area (Å²) in [5.74, 6) is -0.0829. The predicted octanol–water partition coefficient (Wildman–Crippen LogP) is 3.21. The monoisotopic (exact) mass is 263 g/mol. The molecule has 1 rings (SSSR count). The molecule has 1 aromatic rings. The van der Waals surface area contributed by atoms with Gasteiger partial charge in [0, 0.05) is 24.5 Å². The Morgan fingerprint density at radius 3 is 2.74 bits per heavy atom. The second-order valence-electron chi connectivity index (χ2n) is 4.72. The maximum atomic E-state index is 12.1. The lowest BCUT2D eigenvalue weighted by Crippen LogP contribution is -2.34. The Bertz CT molecular complexity index is 393. The number of hydrogen-bond acceptors (Lipinski definition) is 3. The van der Waals surface area contributed by atoms with Crippen LogP contribution in [-0.2, 0) is 0 Å². The Balaban J connectivity index is 2.65. The molecular formula is C15H25N3O. The minimum absolute atomic E-state index is 0.0829. The van der Waals surface area contributed by atoms with Crippen molar-refractivity contribution >= 4 is 11.6 Å². The average Bonchev–Trinajstić information content (AvgIpc) is 2.44. The third-order valence-electron chi connectivity index (χ3n) is 3.04. The van der Waals surface area contributed by atoms with Crippen molar-refractivity contribution in [3.63, 3.8) is 0 Å². The zero-order valence-corrected chi connectivity index (χ0v) is 12.2. The molecule has 0 bridgehead atoms. The number of aromatic nitrogens is 1. The molecule has 1 aromatic heterocycles. The number of anilines is 1. The van der Waals surface area contributed by atoms with E-state index in [1.54, 1.807) is 6.20 Å². The van der Waals surface area contributed by atoms with Crippen molar-refractivity contribution in [2.45, 2.75) is 52.5 Å². The number of carbonyl (C=O) groups excluding carboxylic acids is 1. The highest BCUT2D eigenvalue weighted by molar-refractivity contribution is 5.93. The van der Waals surface area contributed by atoms with Crippen LogP contribution in [0.2, 0.25) is 0 Å². The molecule has 1 unspecified atom stereocenters. The lowest BCUT2D eigenvalue weighted by atomic mass is 10.1. The molecule has 0 fully saturated rings. The highest BCUT2D eigenvalue weighted by Crippen LogP contribution is 2.09. The van der Waals surface area contributed by atoms with Gasteiger partial charge in [0.15, 0.2) is 0 Å². The molecule has 0 radical (unpaired) electrons. The van der Waals surface area contributed by atoms with Gasteiger partial charge in [0.1, 0.15) is 5.69 Å². The summed E-state index contributed by atoms with van der Waals surface area (Å²) >= 11 is 0. The van der Waals surface area contributed by atoms with Crippen LogP contribution >= 0.6 is 0 Å². The first-order valence-electron chi connectivity index (χ1n) is 7.22. The van der Waals surface area contributed by atoms with Gasteiger partial charge in [-0.25, -0.2) is 0 Å². The summed E-state index contributed by atoms with van der Waals surface area (Å²) in [5.41, 5.74) is 1.43. The van der Waals surface area contributed by atoms with E-state index in [-0.39, 0.29) is 11.9 Å². The van der Waals surface area contributed by atoms with Crippen LogP contribution < -0.4 is 10.6 Å². The van der Waals surface area contributed by atoms with E-state index in [0.29, 0.717) is 5.69 Å². The summed E-state index contributed by atoms with van der Waals surface area (Å²) in [6, 6.07) is 3.94. The summed E-state index contributed by atoms with van der Waals surface area (Å²) in [6.07, 6.45) is 5.76. The molecule has 0 saturated carbocycles. The number of hydrogen-bond donors (Lipinski definition) is 2. The molecule has 4 nitrogen and oxygen atoms in total. The Kier molecular flexibility index (Phi) is 6.93. The maximum absolute atomic E-state index is 12.1. The fourth-order valence-corrected chi connectivity index (χ4v) is 1.92. The lowest BCUT2D eigenvalue weighted by molar-refractivity contribution is 0.0928. The van der Waals surface area contributed by atoms with Crippen molar-refractivity contribution in [1.29, 1.82) is 0 Å². The Hall–Kier alpha value is -1.58. The summed E-state index contributed by atoms with van der Waals surface area (Å²) in [7, 11) is 0. The van der Waals surface area contributed by atoms with Gasteiger partial charge >= 0.3 is 0 Å². The molecule has 0 spiro atoms. The molecule has 106 valence electrons. The number of amides is 1. The van der Waals surface area contributed by atoms with Gasteiger partial charge in [0.25, 0.3) is 5.91 Å². The Morgan fingerprint density at radius 1 is 1.32 bits per heavy atom. The summed E-state index contributed by atoms with van der Waals surface area (Å²) in [4.78, 5) is 16.3. The quantitative estimate of drug-likeness (QED) is 0.757. The van der Waals surface area contributed by atoms with Crippen molar-refractivity contribution < 1.29 is 4.79 Å². The second-order valence-corrected chi connectivity index (χ2v) is 4.72. The van der Waals surface area contributed by atoms with Crippen molar-refractivity contribution in [2.75, 3.05) is 11.9 Å². The number of pyridine rings is 1. The fraction of sp³-hybridized carbons (Fsp3) is 0.600. The molecule has 1 heterocycles. The number of rotatable bonds is 8. The van der Waals surface area contributed by atoms with Crippen LogP contribution in [-0.4, -0.2) is 23.5 Å². The molecule has 19 heavy (non-hydrogen) atoms. The van der Waals surface area contributed by atoms with Gasteiger partial charge in [-0.2, -0.15) is 0 Å². The van der Waals surface area contributed by atoms with Gasteiger partial charge in [0.05, 0.1) is 0 Å². The first-order chi connectivity index (χ1) is 9.21. The molecule has 0 aliphatic rings. The SMILES string of the molecule is CCCNc1ccnc(C(=O)NC(CC)CCC)c1. The summed E-state index contributed by atoms with van der Waals surface area (Å²) in [5, 5.41) is 6.30. The molecule has 0 aromatic carbocycles. The van der Waals surface area contributed by atoms with Gasteiger partial charge in [-0.1, -0.05) is 27.2 Å². The molecule has 0 saturated heterocycles. The Labute approximate surface area is 116 Å². The number of nitrogens with zero attached hydrogens (tertiary/aromatic N) is 1. The zero-order valence-electron chi connectivity index (χ0n) is 12.2. The third kappa shape index (κ3) is 5.28. The van der Waals surface area contributed by atoms with Crippen LogP contribution in [0.1, 0.15) is 56.9 Å².